The van der Waals surface area contributed by atoms with Gasteiger partial charge in [0.1, 0.15) is 5.82 Å². The normalized spacial score (nSPS) is 12.4. The molecule has 8 heteroatoms. The topological polar surface area (TPSA) is 75.3 Å². The summed E-state index contributed by atoms with van der Waals surface area (Å²) in [6, 6.07) is 9.73. The summed E-state index contributed by atoms with van der Waals surface area (Å²) in [5.74, 6) is -2.76. The zero-order valence-corrected chi connectivity index (χ0v) is 18.7. The molecule has 2 aromatic rings. The van der Waals surface area contributed by atoms with Crippen LogP contribution in [0.25, 0.3) is 12.2 Å². The first-order valence-corrected chi connectivity index (χ1v) is 11.4. The maximum Gasteiger partial charge on any atom is 0.280 e. The smallest absolute Gasteiger partial charge is 0.280 e. The van der Waals surface area contributed by atoms with Crippen molar-refractivity contribution in [2.45, 2.75) is 32.7 Å². The van der Waals surface area contributed by atoms with Crippen LogP contribution in [0.4, 0.5) is 14.5 Å². The van der Waals surface area contributed by atoms with Crippen molar-refractivity contribution in [1.29, 1.82) is 0 Å². The average Bonchev–Trinajstić information content (AvgIpc) is 2.66. The minimum absolute atomic E-state index is 0.0376. The molecule has 0 aromatic heterocycles. The molecule has 0 fully saturated rings. The second-order valence-electron chi connectivity index (χ2n) is 8.17. The van der Waals surface area contributed by atoms with E-state index in [1.54, 1.807) is 12.1 Å². The second-order valence-corrected chi connectivity index (χ2v) is 9.92. The van der Waals surface area contributed by atoms with Gasteiger partial charge in [0.2, 0.25) is 10.0 Å². The predicted octanol–water partition coefficient (Wildman–Crippen LogP) is 4.76. The van der Waals surface area contributed by atoms with Crippen molar-refractivity contribution in [3.8, 4) is 0 Å². The van der Waals surface area contributed by atoms with Crippen molar-refractivity contribution in [2.75, 3.05) is 11.0 Å². The second kappa shape index (κ2) is 9.43. The molecule has 0 atom stereocenters. The number of sulfonamides is 1. The number of hydrogen-bond donors (Lipinski definition) is 2. The lowest BCUT2D eigenvalue weighted by atomic mass is 9.87. The minimum atomic E-state index is -3.69. The van der Waals surface area contributed by atoms with Gasteiger partial charge in [0.05, 0.1) is 11.9 Å². The van der Waals surface area contributed by atoms with Gasteiger partial charge in [0.25, 0.3) is 5.91 Å². The van der Waals surface area contributed by atoms with Crippen molar-refractivity contribution in [3.63, 3.8) is 0 Å². The van der Waals surface area contributed by atoms with Gasteiger partial charge in [-0.15, -0.1) is 0 Å². The van der Waals surface area contributed by atoms with E-state index >= 15 is 0 Å². The largest absolute Gasteiger partial charge is 0.346 e. The monoisotopic (exact) mass is 448 g/mol. The Labute approximate surface area is 181 Å². The molecule has 0 heterocycles. The van der Waals surface area contributed by atoms with Gasteiger partial charge >= 0.3 is 0 Å². The lowest BCUT2D eigenvalue weighted by Gasteiger charge is -2.18. The van der Waals surface area contributed by atoms with Gasteiger partial charge in [0.15, 0.2) is 5.83 Å². The van der Waals surface area contributed by atoms with Crippen LogP contribution in [0.15, 0.2) is 48.8 Å². The lowest BCUT2D eigenvalue weighted by molar-refractivity contribution is -0.118. The molecule has 0 aliphatic heterocycles. The average molecular weight is 449 g/mol. The summed E-state index contributed by atoms with van der Waals surface area (Å²) in [5, 5.41) is 2.38. The third kappa shape index (κ3) is 7.03. The molecule has 0 radical (unpaired) electrons. The first-order valence-electron chi connectivity index (χ1n) is 9.49. The molecule has 0 aliphatic carbocycles. The third-order valence-electron chi connectivity index (χ3n) is 4.43. The van der Waals surface area contributed by atoms with Crippen LogP contribution in [0, 0.1) is 5.82 Å². The Hall–Kier alpha value is -3.00. The molecular formula is C23H26F2N2O3S. The van der Waals surface area contributed by atoms with E-state index in [9.17, 15) is 22.0 Å². The Kier molecular flexibility index (Phi) is 7.38. The fourth-order valence-corrected chi connectivity index (χ4v) is 3.39. The van der Waals surface area contributed by atoms with Crippen LogP contribution in [-0.4, -0.2) is 20.6 Å². The van der Waals surface area contributed by atoms with Crippen LogP contribution in [0.2, 0.25) is 0 Å². The number of rotatable bonds is 7. The van der Waals surface area contributed by atoms with Gasteiger partial charge in [0, 0.05) is 12.1 Å². The van der Waals surface area contributed by atoms with Crippen LogP contribution in [0.1, 0.15) is 43.0 Å². The summed E-state index contributed by atoms with van der Waals surface area (Å²) in [6.07, 6.45) is 3.31. The molecule has 0 saturated carbocycles. The number of amides is 1. The molecule has 0 saturated heterocycles. The number of hydrogen-bond acceptors (Lipinski definition) is 3. The van der Waals surface area contributed by atoms with E-state index < -0.39 is 27.6 Å². The summed E-state index contributed by atoms with van der Waals surface area (Å²) in [4.78, 5) is 12.1. The SMILES string of the molecule is C=Cc1cc(CNC(=O)/C(F)=C/c2ccc(C(C)(C)C)cc2)cc(F)c1NS(C)(=O)=O. The van der Waals surface area contributed by atoms with Gasteiger partial charge in [-0.1, -0.05) is 57.7 Å². The van der Waals surface area contributed by atoms with Crippen molar-refractivity contribution in [1.82, 2.24) is 5.32 Å². The van der Waals surface area contributed by atoms with Crippen LogP contribution < -0.4 is 10.0 Å². The molecule has 1 amide bonds. The Morgan fingerprint density at radius 3 is 2.29 bits per heavy atom. The number of nitrogens with one attached hydrogen (secondary N) is 2. The van der Waals surface area contributed by atoms with Gasteiger partial charge < -0.3 is 5.32 Å². The summed E-state index contributed by atoms with van der Waals surface area (Å²) in [5.41, 5.74) is 1.87. The highest BCUT2D eigenvalue weighted by molar-refractivity contribution is 7.92. The molecule has 0 spiro atoms. The lowest BCUT2D eigenvalue weighted by Crippen LogP contribution is -2.23. The molecule has 0 unspecified atom stereocenters. The number of anilines is 1. The van der Waals surface area contributed by atoms with E-state index in [-0.39, 0.29) is 23.2 Å². The van der Waals surface area contributed by atoms with Gasteiger partial charge in [-0.3, -0.25) is 9.52 Å². The van der Waals surface area contributed by atoms with Crippen LogP contribution in [0.5, 0.6) is 0 Å². The summed E-state index contributed by atoms with van der Waals surface area (Å²) in [6.45, 7) is 9.58. The summed E-state index contributed by atoms with van der Waals surface area (Å²) < 4.78 is 53.5. The van der Waals surface area contributed by atoms with Crippen LogP contribution in [-0.2, 0) is 26.8 Å². The number of halogens is 2. The first kappa shape index (κ1) is 24.3. The fourth-order valence-electron chi connectivity index (χ4n) is 2.80. The zero-order chi connectivity index (χ0) is 23.4. The minimum Gasteiger partial charge on any atom is -0.346 e. The highest BCUT2D eigenvalue weighted by Gasteiger charge is 2.15. The molecule has 5 nitrogen and oxygen atoms in total. The Balaban J connectivity index is 2.12. The van der Waals surface area contributed by atoms with E-state index in [0.717, 1.165) is 24.0 Å². The van der Waals surface area contributed by atoms with E-state index in [4.69, 9.17) is 0 Å². The Bertz CT molecular complexity index is 1120. The van der Waals surface area contributed by atoms with E-state index in [1.807, 2.05) is 12.1 Å². The molecular weight excluding hydrogens is 422 g/mol. The Morgan fingerprint density at radius 2 is 1.77 bits per heavy atom. The van der Waals surface area contributed by atoms with E-state index in [1.165, 1.54) is 12.1 Å². The van der Waals surface area contributed by atoms with Gasteiger partial charge in [-0.25, -0.2) is 17.2 Å². The van der Waals surface area contributed by atoms with Crippen molar-refractivity contribution in [2.24, 2.45) is 0 Å². The van der Waals surface area contributed by atoms with Gasteiger partial charge in [-0.05, 0) is 40.3 Å². The fraction of sp³-hybridized carbons (Fsp3) is 0.261. The maximum atomic E-state index is 14.3. The molecule has 31 heavy (non-hydrogen) atoms. The standard InChI is InChI=1S/C23H26F2N2O3S/c1-6-17-11-16(13-19(24)21(17)27-31(5,29)30)14-26-22(28)20(25)12-15-7-9-18(10-8-15)23(2,3)4/h6-13,27H,1,14H2,2-5H3,(H,26,28)/b20-12-. The van der Waals surface area contributed by atoms with E-state index in [0.29, 0.717) is 11.1 Å². The Morgan fingerprint density at radius 1 is 1.16 bits per heavy atom. The van der Waals surface area contributed by atoms with Crippen molar-refractivity contribution >= 4 is 33.8 Å². The number of benzene rings is 2. The zero-order valence-electron chi connectivity index (χ0n) is 17.9. The number of carbonyl (C=O) groups is 1. The molecule has 166 valence electrons. The summed E-state index contributed by atoms with van der Waals surface area (Å²) in [7, 11) is -3.69. The summed E-state index contributed by atoms with van der Waals surface area (Å²) >= 11 is 0. The first-order chi connectivity index (χ1) is 14.3. The van der Waals surface area contributed by atoms with Gasteiger partial charge in [-0.2, -0.15) is 0 Å². The predicted molar refractivity (Wildman–Crippen MR) is 121 cm³/mol. The van der Waals surface area contributed by atoms with Crippen molar-refractivity contribution < 1.29 is 22.0 Å². The van der Waals surface area contributed by atoms with Crippen molar-refractivity contribution in [3.05, 3.63) is 76.9 Å². The molecule has 2 N–H and O–H groups in total. The third-order valence-corrected chi connectivity index (χ3v) is 5.00. The number of carbonyl (C=O) groups excluding carboxylic acids is 1. The van der Waals surface area contributed by atoms with Crippen LogP contribution in [0.3, 0.4) is 0 Å². The molecule has 0 bridgehead atoms. The van der Waals surface area contributed by atoms with Crippen LogP contribution >= 0.6 is 0 Å². The maximum absolute atomic E-state index is 14.3. The molecule has 0 aliphatic rings. The molecule has 2 rings (SSSR count). The van der Waals surface area contributed by atoms with E-state index in [2.05, 4.69) is 37.4 Å². The molecule has 2 aromatic carbocycles. The highest BCUT2D eigenvalue weighted by atomic mass is 32.2. The highest BCUT2D eigenvalue weighted by Crippen LogP contribution is 2.25. The quantitative estimate of drug-likeness (QED) is 0.600.